The Bertz CT molecular complexity index is 504. The van der Waals surface area contributed by atoms with Crippen molar-refractivity contribution >= 4 is 5.97 Å². The van der Waals surface area contributed by atoms with Crippen LogP contribution in [0.25, 0.3) is 0 Å². The van der Waals surface area contributed by atoms with Crippen LogP contribution in [-0.4, -0.2) is 32.5 Å². The van der Waals surface area contributed by atoms with Gasteiger partial charge < -0.3 is 9.26 Å². The molecule has 0 saturated carbocycles. The number of aryl methyl sites for hydroxylation is 1. The van der Waals surface area contributed by atoms with E-state index in [1.165, 1.54) is 6.26 Å². The number of aromatic nitrogens is 4. The summed E-state index contributed by atoms with van der Waals surface area (Å²) in [4.78, 5) is 11.6. The van der Waals surface area contributed by atoms with Crippen molar-refractivity contribution in [2.45, 2.75) is 20.4 Å². The minimum atomic E-state index is -0.489. The fourth-order valence-electron chi connectivity index (χ4n) is 1.40. The number of nitrogens with zero attached hydrogens (tertiary/aromatic N) is 4. The maximum Gasteiger partial charge on any atom is 0.376 e. The lowest BCUT2D eigenvalue weighted by Gasteiger charge is -2.05. The first-order valence-corrected chi connectivity index (χ1v) is 5.18. The first-order valence-electron chi connectivity index (χ1n) is 5.18. The van der Waals surface area contributed by atoms with E-state index >= 15 is 0 Å². The van der Waals surface area contributed by atoms with E-state index < -0.39 is 5.97 Å². The standard InChI is InChI=1S/C10H12N4O3/c1-3-16-10(15)9-12-11-7(2)14(9)6-8-4-5-17-13-8/h4-5H,3,6H2,1-2H3. The Kier molecular flexibility index (Phi) is 3.17. The van der Waals surface area contributed by atoms with E-state index in [-0.39, 0.29) is 5.82 Å². The second-order valence-electron chi connectivity index (χ2n) is 3.37. The lowest BCUT2D eigenvalue weighted by Crippen LogP contribution is -2.15. The van der Waals surface area contributed by atoms with Gasteiger partial charge in [-0.15, -0.1) is 10.2 Å². The summed E-state index contributed by atoms with van der Waals surface area (Å²) in [7, 11) is 0. The van der Waals surface area contributed by atoms with Crippen molar-refractivity contribution in [3.05, 3.63) is 29.7 Å². The number of rotatable bonds is 4. The van der Waals surface area contributed by atoms with Crippen LogP contribution in [0.5, 0.6) is 0 Å². The Morgan fingerprint density at radius 3 is 3.00 bits per heavy atom. The van der Waals surface area contributed by atoms with Crippen LogP contribution in [-0.2, 0) is 11.3 Å². The Morgan fingerprint density at radius 1 is 1.53 bits per heavy atom. The average molecular weight is 236 g/mol. The fourth-order valence-corrected chi connectivity index (χ4v) is 1.40. The van der Waals surface area contributed by atoms with E-state index in [2.05, 4.69) is 15.4 Å². The monoisotopic (exact) mass is 236 g/mol. The first kappa shape index (κ1) is 11.3. The van der Waals surface area contributed by atoms with Gasteiger partial charge in [0.25, 0.3) is 0 Å². The first-order chi connectivity index (χ1) is 8.22. The lowest BCUT2D eigenvalue weighted by molar-refractivity contribution is 0.0506. The summed E-state index contributed by atoms with van der Waals surface area (Å²) in [6.45, 7) is 4.18. The molecule has 0 bridgehead atoms. The van der Waals surface area contributed by atoms with Crippen molar-refractivity contribution in [1.29, 1.82) is 0 Å². The molecule has 0 saturated heterocycles. The van der Waals surface area contributed by atoms with Crippen molar-refractivity contribution in [2.75, 3.05) is 6.61 Å². The number of carbonyl (C=O) groups is 1. The highest BCUT2D eigenvalue weighted by Gasteiger charge is 2.18. The molecule has 90 valence electrons. The van der Waals surface area contributed by atoms with Crippen LogP contribution in [0.4, 0.5) is 0 Å². The molecule has 2 aromatic heterocycles. The summed E-state index contributed by atoms with van der Waals surface area (Å²) < 4.78 is 11.3. The summed E-state index contributed by atoms with van der Waals surface area (Å²) in [5.41, 5.74) is 0.693. The van der Waals surface area contributed by atoms with Crippen LogP contribution in [0.2, 0.25) is 0 Å². The van der Waals surface area contributed by atoms with E-state index in [0.717, 1.165) is 0 Å². The Labute approximate surface area is 97.4 Å². The zero-order chi connectivity index (χ0) is 12.3. The van der Waals surface area contributed by atoms with Crippen LogP contribution in [0.1, 0.15) is 29.1 Å². The SMILES string of the molecule is CCOC(=O)c1nnc(C)n1Cc1ccon1. The van der Waals surface area contributed by atoms with Gasteiger partial charge in [-0.1, -0.05) is 5.16 Å². The summed E-state index contributed by atoms with van der Waals surface area (Å²) in [6, 6.07) is 1.72. The third kappa shape index (κ3) is 2.32. The molecule has 0 atom stereocenters. The second kappa shape index (κ2) is 4.77. The predicted octanol–water partition coefficient (Wildman–Crippen LogP) is 0.800. The van der Waals surface area contributed by atoms with E-state index in [0.29, 0.717) is 24.7 Å². The van der Waals surface area contributed by atoms with E-state index in [1.807, 2.05) is 0 Å². The van der Waals surface area contributed by atoms with Gasteiger partial charge in [0.2, 0.25) is 5.82 Å². The third-order valence-corrected chi connectivity index (χ3v) is 2.21. The fraction of sp³-hybridized carbons (Fsp3) is 0.400. The van der Waals surface area contributed by atoms with Crippen LogP contribution in [0.3, 0.4) is 0 Å². The van der Waals surface area contributed by atoms with E-state index in [4.69, 9.17) is 9.26 Å². The average Bonchev–Trinajstić information content (AvgIpc) is 2.91. The molecule has 0 amide bonds. The van der Waals surface area contributed by atoms with Gasteiger partial charge in [0, 0.05) is 6.07 Å². The van der Waals surface area contributed by atoms with Crippen molar-refractivity contribution < 1.29 is 14.1 Å². The van der Waals surface area contributed by atoms with Crippen LogP contribution in [0, 0.1) is 6.92 Å². The molecule has 0 unspecified atom stereocenters. The molecule has 7 nitrogen and oxygen atoms in total. The van der Waals surface area contributed by atoms with Gasteiger partial charge in [-0.25, -0.2) is 4.79 Å². The molecule has 0 radical (unpaired) electrons. The quantitative estimate of drug-likeness (QED) is 0.730. The highest BCUT2D eigenvalue weighted by Crippen LogP contribution is 2.07. The normalized spacial score (nSPS) is 10.5. The third-order valence-electron chi connectivity index (χ3n) is 2.21. The number of hydrogen-bond acceptors (Lipinski definition) is 6. The van der Waals surface area contributed by atoms with Crippen LogP contribution >= 0.6 is 0 Å². The Balaban J connectivity index is 2.26. The van der Waals surface area contributed by atoms with E-state index in [9.17, 15) is 4.79 Å². The largest absolute Gasteiger partial charge is 0.460 e. The van der Waals surface area contributed by atoms with Crippen LogP contribution < -0.4 is 0 Å². The molecular weight excluding hydrogens is 224 g/mol. The molecule has 0 aliphatic carbocycles. The Hall–Kier alpha value is -2.18. The topological polar surface area (TPSA) is 83.0 Å². The highest BCUT2D eigenvalue weighted by molar-refractivity contribution is 5.85. The smallest absolute Gasteiger partial charge is 0.376 e. The molecule has 2 heterocycles. The van der Waals surface area contributed by atoms with Gasteiger partial charge >= 0.3 is 5.97 Å². The summed E-state index contributed by atoms with van der Waals surface area (Å²) in [6.07, 6.45) is 1.47. The molecule has 0 aliphatic rings. The van der Waals surface area contributed by atoms with E-state index in [1.54, 1.807) is 24.5 Å². The van der Waals surface area contributed by atoms with Crippen molar-refractivity contribution in [3.63, 3.8) is 0 Å². The zero-order valence-electron chi connectivity index (χ0n) is 9.58. The molecule has 0 fully saturated rings. The minimum Gasteiger partial charge on any atom is -0.460 e. The lowest BCUT2D eigenvalue weighted by atomic mass is 10.4. The van der Waals surface area contributed by atoms with Gasteiger partial charge in [0.15, 0.2) is 0 Å². The molecule has 0 aliphatic heterocycles. The molecular formula is C10H12N4O3. The van der Waals surface area contributed by atoms with Gasteiger partial charge in [-0.2, -0.15) is 0 Å². The van der Waals surface area contributed by atoms with Gasteiger partial charge in [-0.05, 0) is 13.8 Å². The number of esters is 1. The summed E-state index contributed by atoms with van der Waals surface area (Å²) in [5.74, 6) is 0.306. The zero-order valence-corrected chi connectivity index (χ0v) is 9.58. The van der Waals surface area contributed by atoms with Crippen molar-refractivity contribution in [1.82, 2.24) is 19.9 Å². The second-order valence-corrected chi connectivity index (χ2v) is 3.37. The van der Waals surface area contributed by atoms with Crippen LogP contribution in [0.15, 0.2) is 16.9 Å². The predicted molar refractivity (Wildman–Crippen MR) is 56.3 cm³/mol. The molecule has 0 N–H and O–H groups in total. The summed E-state index contributed by atoms with van der Waals surface area (Å²) in [5, 5.41) is 11.4. The summed E-state index contributed by atoms with van der Waals surface area (Å²) >= 11 is 0. The Morgan fingerprint density at radius 2 is 2.35 bits per heavy atom. The molecule has 2 rings (SSSR count). The van der Waals surface area contributed by atoms with Crippen molar-refractivity contribution in [2.24, 2.45) is 0 Å². The van der Waals surface area contributed by atoms with Gasteiger partial charge in [0.05, 0.1) is 13.2 Å². The minimum absolute atomic E-state index is 0.173. The van der Waals surface area contributed by atoms with Gasteiger partial charge in [-0.3, -0.25) is 4.57 Å². The molecule has 7 heteroatoms. The molecule has 2 aromatic rings. The number of hydrogen-bond donors (Lipinski definition) is 0. The highest BCUT2D eigenvalue weighted by atomic mass is 16.5. The number of ether oxygens (including phenoxy) is 1. The maximum atomic E-state index is 11.6. The molecule has 0 spiro atoms. The maximum absolute atomic E-state index is 11.6. The molecule has 17 heavy (non-hydrogen) atoms. The molecule has 0 aromatic carbocycles. The van der Waals surface area contributed by atoms with Crippen molar-refractivity contribution in [3.8, 4) is 0 Å². The number of carbonyl (C=O) groups excluding carboxylic acids is 1. The van der Waals surface area contributed by atoms with Gasteiger partial charge in [0.1, 0.15) is 17.8 Å².